The lowest BCUT2D eigenvalue weighted by Crippen LogP contribution is -1.96. The quantitative estimate of drug-likeness (QED) is 0.782. The second-order valence-electron chi connectivity index (χ2n) is 4.43. The van der Waals surface area contributed by atoms with Crippen molar-refractivity contribution < 1.29 is 0 Å². The van der Waals surface area contributed by atoms with Crippen molar-refractivity contribution >= 4 is 22.4 Å². The highest BCUT2D eigenvalue weighted by molar-refractivity contribution is 7.09. The first kappa shape index (κ1) is 12.8. The number of hydrogen-bond acceptors (Lipinski definition) is 5. The number of hydrogen-bond donors (Lipinski definition) is 1. The molecule has 0 spiro atoms. The third-order valence-corrected chi connectivity index (χ3v) is 3.58. The third-order valence-electron chi connectivity index (χ3n) is 2.91. The van der Waals surface area contributed by atoms with Crippen LogP contribution < -0.4 is 5.32 Å². The highest BCUT2D eigenvalue weighted by atomic mass is 32.1. The van der Waals surface area contributed by atoms with Crippen molar-refractivity contribution in [2.24, 2.45) is 0 Å². The zero-order valence-electron chi connectivity index (χ0n) is 11.2. The van der Waals surface area contributed by atoms with E-state index >= 15 is 0 Å². The zero-order chi connectivity index (χ0) is 13.8. The molecule has 0 saturated carbocycles. The molecule has 0 aliphatic carbocycles. The van der Waals surface area contributed by atoms with Crippen LogP contribution in [0.25, 0.3) is 0 Å². The van der Waals surface area contributed by atoms with E-state index in [1.54, 1.807) is 6.20 Å². The summed E-state index contributed by atoms with van der Waals surface area (Å²) in [7, 11) is 0. The van der Waals surface area contributed by atoms with E-state index < -0.39 is 0 Å². The molecule has 20 heavy (non-hydrogen) atoms. The second kappa shape index (κ2) is 5.83. The summed E-state index contributed by atoms with van der Waals surface area (Å²) in [6.07, 6.45) is 6.43. The molecule has 0 bridgehead atoms. The van der Waals surface area contributed by atoms with Gasteiger partial charge in [-0.25, -0.2) is 9.97 Å². The standard InChI is InChI=1S/C14H15N5S/c1-2-13-17-14(20-18-13)16-12-5-3-11(4-6-12)9-19-8-7-15-10-19/h3-8,10H,2,9H2,1H3,(H,16,17,18). The smallest absolute Gasteiger partial charge is 0.207 e. The van der Waals surface area contributed by atoms with E-state index in [4.69, 9.17) is 0 Å². The predicted molar refractivity (Wildman–Crippen MR) is 80.3 cm³/mol. The Hall–Kier alpha value is -2.21. The fraction of sp³-hybridized carbons (Fsp3) is 0.214. The first-order valence-corrected chi connectivity index (χ1v) is 7.25. The SMILES string of the molecule is CCc1nsc(Nc2ccc(Cn3ccnc3)cc2)n1. The van der Waals surface area contributed by atoms with Crippen molar-refractivity contribution in [1.29, 1.82) is 0 Å². The molecule has 1 aromatic carbocycles. The number of aromatic nitrogens is 4. The van der Waals surface area contributed by atoms with Crippen LogP contribution in [0.1, 0.15) is 18.3 Å². The maximum atomic E-state index is 4.39. The van der Waals surface area contributed by atoms with Crippen LogP contribution in [0, 0.1) is 0 Å². The van der Waals surface area contributed by atoms with Gasteiger partial charge in [0, 0.05) is 42.6 Å². The molecular formula is C14H15N5S. The molecule has 0 aliphatic rings. The van der Waals surface area contributed by atoms with Crippen molar-refractivity contribution in [3.63, 3.8) is 0 Å². The topological polar surface area (TPSA) is 55.6 Å². The molecule has 6 heteroatoms. The largest absolute Gasteiger partial charge is 0.333 e. The van der Waals surface area contributed by atoms with Gasteiger partial charge in [-0.05, 0) is 17.7 Å². The Kier molecular flexibility index (Phi) is 3.73. The molecule has 0 saturated heterocycles. The van der Waals surface area contributed by atoms with Crippen LogP contribution in [-0.2, 0) is 13.0 Å². The zero-order valence-corrected chi connectivity index (χ0v) is 12.0. The Morgan fingerprint density at radius 2 is 2.10 bits per heavy atom. The molecule has 0 amide bonds. The van der Waals surface area contributed by atoms with Gasteiger partial charge >= 0.3 is 0 Å². The summed E-state index contributed by atoms with van der Waals surface area (Å²) < 4.78 is 6.30. The van der Waals surface area contributed by atoms with Crippen LogP contribution in [0.3, 0.4) is 0 Å². The van der Waals surface area contributed by atoms with Gasteiger partial charge < -0.3 is 9.88 Å². The first-order chi connectivity index (χ1) is 9.83. The van der Waals surface area contributed by atoms with E-state index in [1.807, 2.05) is 17.1 Å². The van der Waals surface area contributed by atoms with Crippen LogP contribution >= 0.6 is 11.5 Å². The molecule has 0 aliphatic heterocycles. The summed E-state index contributed by atoms with van der Waals surface area (Å²) in [5.74, 6) is 0.884. The highest BCUT2D eigenvalue weighted by Crippen LogP contribution is 2.19. The number of nitrogens with zero attached hydrogens (tertiary/aromatic N) is 4. The van der Waals surface area contributed by atoms with Crippen LogP contribution in [0.4, 0.5) is 10.8 Å². The molecular weight excluding hydrogens is 270 g/mol. The van der Waals surface area contributed by atoms with Crippen molar-refractivity contribution in [3.05, 3.63) is 54.4 Å². The highest BCUT2D eigenvalue weighted by Gasteiger charge is 2.02. The summed E-state index contributed by atoms with van der Waals surface area (Å²) in [4.78, 5) is 8.43. The Balaban J connectivity index is 1.66. The number of nitrogens with one attached hydrogen (secondary N) is 1. The van der Waals surface area contributed by atoms with Crippen molar-refractivity contribution in [3.8, 4) is 0 Å². The van der Waals surface area contributed by atoms with Crippen LogP contribution in [0.15, 0.2) is 43.0 Å². The predicted octanol–water partition coefficient (Wildman–Crippen LogP) is 3.09. The first-order valence-electron chi connectivity index (χ1n) is 6.48. The van der Waals surface area contributed by atoms with Gasteiger partial charge in [0.25, 0.3) is 0 Å². The Morgan fingerprint density at radius 1 is 1.25 bits per heavy atom. The lowest BCUT2D eigenvalue weighted by molar-refractivity contribution is 0.797. The molecule has 2 heterocycles. The summed E-state index contributed by atoms with van der Waals surface area (Å²) in [5.41, 5.74) is 2.26. The lowest BCUT2D eigenvalue weighted by atomic mass is 10.2. The van der Waals surface area contributed by atoms with Gasteiger partial charge in [0.05, 0.1) is 6.33 Å². The molecule has 102 valence electrons. The maximum absolute atomic E-state index is 4.39. The van der Waals surface area contributed by atoms with Crippen LogP contribution in [-0.4, -0.2) is 18.9 Å². The van der Waals surface area contributed by atoms with E-state index in [9.17, 15) is 0 Å². The number of anilines is 2. The van der Waals surface area contributed by atoms with Gasteiger partial charge in [-0.15, -0.1) is 0 Å². The average molecular weight is 285 g/mol. The normalized spacial score (nSPS) is 10.7. The van der Waals surface area contributed by atoms with Crippen LogP contribution in [0.5, 0.6) is 0 Å². The molecule has 3 rings (SSSR count). The minimum absolute atomic E-state index is 0.832. The summed E-state index contributed by atoms with van der Waals surface area (Å²) in [5, 5.41) is 4.11. The lowest BCUT2D eigenvalue weighted by Gasteiger charge is -2.05. The molecule has 5 nitrogen and oxygen atoms in total. The van der Waals surface area contributed by atoms with Gasteiger partial charge in [-0.2, -0.15) is 4.37 Å². The van der Waals surface area contributed by atoms with E-state index in [2.05, 4.69) is 50.8 Å². The maximum Gasteiger partial charge on any atom is 0.207 e. The molecule has 0 fully saturated rings. The minimum atomic E-state index is 0.832. The Bertz CT molecular complexity index is 657. The number of benzene rings is 1. The Morgan fingerprint density at radius 3 is 2.75 bits per heavy atom. The van der Waals surface area contributed by atoms with Gasteiger partial charge in [-0.3, -0.25) is 0 Å². The fourth-order valence-electron chi connectivity index (χ4n) is 1.86. The van der Waals surface area contributed by atoms with Gasteiger partial charge in [0.1, 0.15) is 5.82 Å². The summed E-state index contributed by atoms with van der Waals surface area (Å²) in [6, 6.07) is 8.31. The van der Waals surface area contributed by atoms with E-state index in [0.717, 1.165) is 29.6 Å². The Labute approximate surface area is 121 Å². The monoisotopic (exact) mass is 285 g/mol. The van der Waals surface area contributed by atoms with Gasteiger partial charge in [0.15, 0.2) is 0 Å². The number of imidazole rings is 1. The molecule has 0 atom stereocenters. The molecule has 3 aromatic rings. The van der Waals surface area contributed by atoms with Crippen LogP contribution in [0.2, 0.25) is 0 Å². The van der Waals surface area contributed by atoms with Gasteiger partial charge in [-0.1, -0.05) is 19.1 Å². The van der Waals surface area contributed by atoms with Crippen molar-refractivity contribution in [2.75, 3.05) is 5.32 Å². The summed E-state index contributed by atoms with van der Waals surface area (Å²) in [6.45, 7) is 2.88. The van der Waals surface area contributed by atoms with Crippen molar-refractivity contribution in [1.82, 2.24) is 18.9 Å². The average Bonchev–Trinajstić information content (AvgIpc) is 3.12. The fourth-order valence-corrected chi connectivity index (χ4v) is 2.53. The van der Waals surface area contributed by atoms with Crippen molar-refractivity contribution in [2.45, 2.75) is 19.9 Å². The van der Waals surface area contributed by atoms with Gasteiger partial charge in [0.2, 0.25) is 5.13 Å². The van der Waals surface area contributed by atoms with E-state index in [1.165, 1.54) is 17.1 Å². The second-order valence-corrected chi connectivity index (χ2v) is 5.18. The van der Waals surface area contributed by atoms with E-state index in [-0.39, 0.29) is 0 Å². The molecule has 1 N–H and O–H groups in total. The molecule has 2 aromatic heterocycles. The molecule has 0 radical (unpaired) electrons. The number of rotatable bonds is 5. The third kappa shape index (κ3) is 3.03. The number of aryl methyl sites for hydroxylation is 1. The minimum Gasteiger partial charge on any atom is -0.333 e. The molecule has 0 unspecified atom stereocenters. The summed E-state index contributed by atoms with van der Waals surface area (Å²) >= 11 is 1.39. The van der Waals surface area contributed by atoms with E-state index in [0.29, 0.717) is 0 Å².